The lowest BCUT2D eigenvalue weighted by molar-refractivity contribution is -0.128. The van der Waals surface area contributed by atoms with E-state index in [1.54, 1.807) is 12.1 Å². The molecule has 0 unspecified atom stereocenters. The van der Waals surface area contributed by atoms with Crippen LogP contribution in [0.2, 0.25) is 0 Å². The lowest BCUT2D eigenvalue weighted by Gasteiger charge is -2.36. The van der Waals surface area contributed by atoms with E-state index >= 15 is 0 Å². The quantitative estimate of drug-likeness (QED) is 0.808. The number of carboxylic acid groups (broad SMARTS) is 1. The molecule has 1 fully saturated rings. The predicted octanol–water partition coefficient (Wildman–Crippen LogP) is 3.54. The Balaban J connectivity index is 1.67. The SMILES string of the molecule is O=C(O)c1csc(CCNC(=O)C2(c3ccc(F)cc3)CCCCC2)n1. The number of rotatable bonds is 6. The van der Waals surface area contributed by atoms with Crippen LogP contribution < -0.4 is 5.32 Å². The minimum absolute atomic E-state index is 0.0337. The van der Waals surface area contributed by atoms with Gasteiger partial charge in [-0.05, 0) is 30.5 Å². The van der Waals surface area contributed by atoms with E-state index in [1.807, 2.05) is 0 Å². The molecule has 1 heterocycles. The van der Waals surface area contributed by atoms with Gasteiger partial charge in [-0.25, -0.2) is 14.2 Å². The normalized spacial score (nSPS) is 16.2. The van der Waals surface area contributed by atoms with Crippen molar-refractivity contribution in [2.24, 2.45) is 0 Å². The number of thiazole rings is 1. The van der Waals surface area contributed by atoms with Gasteiger partial charge in [-0.2, -0.15) is 0 Å². The molecule has 26 heavy (non-hydrogen) atoms. The van der Waals surface area contributed by atoms with Crippen molar-refractivity contribution >= 4 is 23.2 Å². The van der Waals surface area contributed by atoms with Crippen molar-refractivity contribution in [1.82, 2.24) is 10.3 Å². The van der Waals surface area contributed by atoms with E-state index in [-0.39, 0.29) is 17.4 Å². The Kier molecular flexibility index (Phi) is 5.66. The van der Waals surface area contributed by atoms with E-state index in [1.165, 1.54) is 28.8 Å². The second kappa shape index (κ2) is 7.95. The molecule has 3 rings (SSSR count). The van der Waals surface area contributed by atoms with Crippen LogP contribution in [0, 0.1) is 5.82 Å². The van der Waals surface area contributed by atoms with Gasteiger partial charge < -0.3 is 10.4 Å². The third-order valence-electron chi connectivity index (χ3n) is 4.93. The van der Waals surface area contributed by atoms with Crippen molar-refractivity contribution in [2.45, 2.75) is 43.9 Å². The van der Waals surface area contributed by atoms with Crippen molar-refractivity contribution in [3.05, 3.63) is 51.7 Å². The average Bonchev–Trinajstić information content (AvgIpc) is 3.12. The van der Waals surface area contributed by atoms with Gasteiger partial charge in [0, 0.05) is 18.3 Å². The first-order valence-corrected chi connectivity index (χ1v) is 9.61. The van der Waals surface area contributed by atoms with Crippen molar-refractivity contribution in [1.29, 1.82) is 0 Å². The van der Waals surface area contributed by atoms with Crippen LogP contribution in [0.25, 0.3) is 0 Å². The number of aromatic nitrogens is 1. The molecule has 0 bridgehead atoms. The Morgan fingerprint density at radius 1 is 1.19 bits per heavy atom. The Hall–Kier alpha value is -2.28. The Morgan fingerprint density at radius 2 is 1.88 bits per heavy atom. The summed E-state index contributed by atoms with van der Waals surface area (Å²) in [4.78, 5) is 27.9. The van der Waals surface area contributed by atoms with Crippen molar-refractivity contribution in [3.8, 4) is 0 Å². The number of amides is 1. The summed E-state index contributed by atoms with van der Waals surface area (Å²) < 4.78 is 13.3. The fraction of sp³-hybridized carbons (Fsp3) is 0.421. The van der Waals surface area contributed by atoms with E-state index in [9.17, 15) is 14.0 Å². The van der Waals surface area contributed by atoms with E-state index in [4.69, 9.17) is 5.11 Å². The molecule has 0 saturated heterocycles. The zero-order valence-electron chi connectivity index (χ0n) is 14.3. The highest BCUT2D eigenvalue weighted by molar-refractivity contribution is 7.09. The summed E-state index contributed by atoms with van der Waals surface area (Å²) in [6.45, 7) is 0.397. The Morgan fingerprint density at radius 3 is 2.50 bits per heavy atom. The van der Waals surface area contributed by atoms with Gasteiger partial charge >= 0.3 is 5.97 Å². The standard InChI is InChI=1S/C19H21FN2O3S/c20-14-6-4-13(5-7-14)19(9-2-1-3-10-19)18(25)21-11-8-16-22-15(12-26-16)17(23)24/h4-7,12H,1-3,8-11H2,(H,21,25)(H,23,24). The summed E-state index contributed by atoms with van der Waals surface area (Å²) >= 11 is 1.28. The average molecular weight is 376 g/mol. The van der Waals surface area contributed by atoms with Gasteiger partial charge in [-0.1, -0.05) is 31.4 Å². The van der Waals surface area contributed by atoms with Crippen molar-refractivity contribution < 1.29 is 19.1 Å². The van der Waals surface area contributed by atoms with E-state index in [2.05, 4.69) is 10.3 Å². The van der Waals surface area contributed by atoms with Crippen LogP contribution in [0.1, 0.15) is 53.2 Å². The van der Waals surface area contributed by atoms with Crippen LogP contribution in [-0.4, -0.2) is 28.5 Å². The molecule has 1 aromatic heterocycles. The summed E-state index contributed by atoms with van der Waals surface area (Å²) in [5, 5.41) is 14.1. The summed E-state index contributed by atoms with van der Waals surface area (Å²) in [6, 6.07) is 6.23. The highest BCUT2D eigenvalue weighted by Crippen LogP contribution is 2.39. The molecule has 0 radical (unpaired) electrons. The summed E-state index contributed by atoms with van der Waals surface area (Å²) in [5.41, 5.74) is 0.283. The number of hydrogen-bond acceptors (Lipinski definition) is 4. The molecule has 1 aliphatic carbocycles. The van der Waals surface area contributed by atoms with Gasteiger partial charge in [0.1, 0.15) is 5.82 Å². The molecular formula is C19H21FN2O3S. The molecule has 2 N–H and O–H groups in total. The number of benzene rings is 1. The zero-order valence-corrected chi connectivity index (χ0v) is 15.2. The van der Waals surface area contributed by atoms with Gasteiger partial charge in [0.05, 0.1) is 10.4 Å². The number of aromatic carboxylic acids is 1. The van der Waals surface area contributed by atoms with E-state index < -0.39 is 11.4 Å². The molecule has 0 atom stereocenters. The van der Waals surface area contributed by atoms with Crippen LogP contribution in [0.4, 0.5) is 4.39 Å². The van der Waals surface area contributed by atoms with Crippen LogP contribution in [0.5, 0.6) is 0 Å². The Bertz CT molecular complexity index is 782. The maximum absolute atomic E-state index is 13.3. The highest BCUT2D eigenvalue weighted by atomic mass is 32.1. The Labute approximate surface area is 155 Å². The van der Waals surface area contributed by atoms with Crippen molar-refractivity contribution in [2.75, 3.05) is 6.54 Å². The van der Waals surface area contributed by atoms with Crippen LogP contribution in [-0.2, 0) is 16.6 Å². The molecule has 1 aromatic carbocycles. The molecule has 1 saturated carbocycles. The van der Waals surface area contributed by atoms with Crippen LogP contribution in [0.3, 0.4) is 0 Å². The van der Waals surface area contributed by atoms with Gasteiger partial charge in [-0.15, -0.1) is 11.3 Å². The van der Waals surface area contributed by atoms with Gasteiger partial charge in [0.15, 0.2) is 5.69 Å². The number of carboxylic acids is 1. The van der Waals surface area contributed by atoms with Gasteiger partial charge in [0.2, 0.25) is 5.91 Å². The summed E-state index contributed by atoms with van der Waals surface area (Å²) in [7, 11) is 0. The number of nitrogens with zero attached hydrogens (tertiary/aromatic N) is 1. The van der Waals surface area contributed by atoms with Gasteiger partial charge in [0.25, 0.3) is 0 Å². The highest BCUT2D eigenvalue weighted by Gasteiger charge is 2.40. The van der Waals surface area contributed by atoms with Crippen molar-refractivity contribution in [3.63, 3.8) is 0 Å². The van der Waals surface area contributed by atoms with Crippen LogP contribution >= 0.6 is 11.3 Å². The topological polar surface area (TPSA) is 79.3 Å². The summed E-state index contributed by atoms with van der Waals surface area (Å²) in [6.07, 6.45) is 5.05. The predicted molar refractivity (Wildman–Crippen MR) is 97.0 cm³/mol. The molecule has 1 amide bonds. The summed E-state index contributed by atoms with van der Waals surface area (Å²) in [5.74, 6) is -1.40. The maximum atomic E-state index is 13.3. The molecule has 7 heteroatoms. The molecule has 5 nitrogen and oxygen atoms in total. The van der Waals surface area contributed by atoms with Gasteiger partial charge in [-0.3, -0.25) is 4.79 Å². The molecule has 0 spiro atoms. The molecule has 1 aliphatic rings. The fourth-order valence-corrected chi connectivity index (χ4v) is 4.32. The zero-order chi connectivity index (χ0) is 18.6. The largest absolute Gasteiger partial charge is 0.476 e. The first-order valence-electron chi connectivity index (χ1n) is 8.73. The third-order valence-corrected chi connectivity index (χ3v) is 5.84. The molecule has 2 aromatic rings. The lowest BCUT2D eigenvalue weighted by Crippen LogP contribution is -2.46. The number of carbonyl (C=O) groups is 2. The monoisotopic (exact) mass is 376 g/mol. The maximum Gasteiger partial charge on any atom is 0.355 e. The lowest BCUT2D eigenvalue weighted by atomic mass is 9.68. The van der Waals surface area contributed by atoms with Crippen LogP contribution in [0.15, 0.2) is 29.6 Å². The van der Waals surface area contributed by atoms with E-state index in [0.29, 0.717) is 18.0 Å². The smallest absolute Gasteiger partial charge is 0.355 e. The minimum atomic E-state index is -1.05. The third kappa shape index (κ3) is 3.93. The number of halogens is 1. The van der Waals surface area contributed by atoms with E-state index in [0.717, 1.165) is 37.7 Å². The molecule has 0 aliphatic heterocycles. The first kappa shape index (κ1) is 18.5. The second-order valence-corrected chi connectivity index (χ2v) is 7.53. The molecular weight excluding hydrogens is 355 g/mol. The fourth-order valence-electron chi connectivity index (χ4n) is 3.55. The first-order chi connectivity index (χ1) is 12.5. The minimum Gasteiger partial charge on any atom is -0.476 e. The number of hydrogen-bond donors (Lipinski definition) is 2. The number of nitrogens with one attached hydrogen (secondary N) is 1. The second-order valence-electron chi connectivity index (χ2n) is 6.59. The molecule has 138 valence electrons. The number of carbonyl (C=O) groups excluding carboxylic acids is 1.